The molecule has 0 saturated carbocycles. The topological polar surface area (TPSA) is 43.4 Å². The minimum Gasteiger partial charge on any atom is -0.456 e. The summed E-state index contributed by atoms with van der Waals surface area (Å²) in [6.45, 7) is 1.44. The first kappa shape index (κ1) is 8.29. The Morgan fingerprint density at radius 2 is 1.13 bits per heavy atom. The van der Waals surface area contributed by atoms with Crippen molar-refractivity contribution in [3.8, 4) is 0 Å². The van der Waals surface area contributed by atoms with Crippen molar-refractivity contribution in [3.63, 3.8) is 0 Å². The monoisotopic (exact) mass is 200 g/mol. The SMILES string of the molecule is CC=O.c1cc2oc1c1c3ccc(o3)c21. The summed E-state index contributed by atoms with van der Waals surface area (Å²) in [5, 5.41) is 2.29. The lowest BCUT2D eigenvalue weighted by Crippen LogP contribution is -1.62. The van der Waals surface area contributed by atoms with E-state index < -0.39 is 0 Å². The van der Waals surface area contributed by atoms with Gasteiger partial charge in [-0.3, -0.25) is 0 Å². The number of fused-ring (bicyclic) bond motifs is 9. The van der Waals surface area contributed by atoms with Gasteiger partial charge in [-0.25, -0.2) is 0 Å². The Kier molecular flexibility index (Phi) is 1.51. The van der Waals surface area contributed by atoms with Gasteiger partial charge in [0, 0.05) is 0 Å². The standard InChI is InChI=1S/C10H4O2.C2H4O/c1-2-6-10-8-4-3-7(12-8)9(10)5(1)11-6;1-2-3/h1-4H;2H,1H3. The van der Waals surface area contributed by atoms with E-state index in [9.17, 15) is 0 Å². The maximum Gasteiger partial charge on any atom is 0.139 e. The Morgan fingerprint density at radius 3 is 1.40 bits per heavy atom. The van der Waals surface area contributed by atoms with Crippen molar-refractivity contribution < 1.29 is 13.6 Å². The van der Waals surface area contributed by atoms with E-state index in [1.54, 1.807) is 0 Å². The third-order valence-electron chi connectivity index (χ3n) is 2.45. The number of furan rings is 4. The first-order valence-corrected chi connectivity index (χ1v) is 4.70. The molecule has 0 aliphatic rings. The molecular formula is C12H8O3. The van der Waals surface area contributed by atoms with Crippen LogP contribution < -0.4 is 0 Å². The number of hydrogen-bond donors (Lipinski definition) is 0. The highest BCUT2D eigenvalue weighted by Crippen LogP contribution is 2.40. The average molecular weight is 200 g/mol. The summed E-state index contributed by atoms with van der Waals surface area (Å²) in [5.41, 5.74) is 3.76. The molecule has 4 rings (SSSR count). The van der Waals surface area contributed by atoms with E-state index >= 15 is 0 Å². The fraction of sp³-hybridized carbons (Fsp3) is 0.0833. The maximum absolute atomic E-state index is 8.81. The van der Waals surface area contributed by atoms with Gasteiger partial charge in [0.05, 0.1) is 10.8 Å². The fourth-order valence-electron chi connectivity index (χ4n) is 1.95. The van der Waals surface area contributed by atoms with Crippen molar-refractivity contribution in [1.82, 2.24) is 0 Å². The molecule has 0 saturated heterocycles. The highest BCUT2D eigenvalue weighted by molar-refractivity contribution is 6.21. The van der Waals surface area contributed by atoms with Crippen molar-refractivity contribution in [1.29, 1.82) is 0 Å². The van der Waals surface area contributed by atoms with Crippen LogP contribution in [-0.4, -0.2) is 6.29 Å². The van der Waals surface area contributed by atoms with Crippen molar-refractivity contribution >= 4 is 39.4 Å². The molecule has 0 unspecified atom stereocenters. The molecule has 0 aliphatic carbocycles. The highest BCUT2D eigenvalue weighted by atomic mass is 16.4. The zero-order valence-corrected chi connectivity index (χ0v) is 8.11. The van der Waals surface area contributed by atoms with Gasteiger partial charge in [-0.05, 0) is 31.2 Å². The fourth-order valence-corrected chi connectivity index (χ4v) is 1.95. The zero-order valence-electron chi connectivity index (χ0n) is 8.11. The largest absolute Gasteiger partial charge is 0.456 e. The third-order valence-corrected chi connectivity index (χ3v) is 2.45. The first-order valence-electron chi connectivity index (χ1n) is 4.70. The van der Waals surface area contributed by atoms with Crippen LogP contribution in [0.3, 0.4) is 0 Å². The Labute approximate surface area is 84.9 Å². The van der Waals surface area contributed by atoms with E-state index in [2.05, 4.69) is 0 Å². The Bertz CT molecular complexity index is 592. The summed E-state index contributed by atoms with van der Waals surface area (Å²) in [4.78, 5) is 8.81. The second-order valence-corrected chi connectivity index (χ2v) is 3.31. The van der Waals surface area contributed by atoms with Crippen LogP contribution in [0, 0.1) is 0 Å². The minimum atomic E-state index is 0.750. The summed E-state index contributed by atoms with van der Waals surface area (Å²) in [6, 6.07) is 7.94. The van der Waals surface area contributed by atoms with Crippen molar-refractivity contribution in [2.24, 2.45) is 0 Å². The third kappa shape index (κ3) is 0.920. The molecular weight excluding hydrogens is 192 g/mol. The quantitative estimate of drug-likeness (QED) is 0.408. The summed E-state index contributed by atoms with van der Waals surface area (Å²) < 4.78 is 11.0. The molecule has 0 atom stereocenters. The molecule has 4 aromatic rings. The molecule has 15 heavy (non-hydrogen) atoms. The zero-order chi connectivity index (χ0) is 10.4. The first-order chi connectivity index (χ1) is 7.35. The van der Waals surface area contributed by atoms with E-state index in [1.165, 1.54) is 6.92 Å². The Balaban J connectivity index is 0.000000220. The molecule has 3 heteroatoms. The molecule has 0 radical (unpaired) electrons. The second-order valence-electron chi connectivity index (χ2n) is 3.31. The smallest absolute Gasteiger partial charge is 0.139 e. The van der Waals surface area contributed by atoms with Gasteiger partial charge in [0.2, 0.25) is 0 Å². The normalized spacial score (nSPS) is 11.3. The van der Waals surface area contributed by atoms with E-state index in [4.69, 9.17) is 13.6 Å². The van der Waals surface area contributed by atoms with E-state index in [-0.39, 0.29) is 0 Å². The molecule has 0 spiro atoms. The summed E-state index contributed by atoms with van der Waals surface area (Å²) >= 11 is 0. The maximum atomic E-state index is 8.81. The van der Waals surface area contributed by atoms with Gasteiger partial charge >= 0.3 is 0 Å². The van der Waals surface area contributed by atoms with Gasteiger partial charge in [-0.1, -0.05) is 0 Å². The molecule has 0 amide bonds. The van der Waals surface area contributed by atoms with Crippen molar-refractivity contribution in [2.75, 3.05) is 0 Å². The van der Waals surface area contributed by atoms with E-state index in [1.807, 2.05) is 24.3 Å². The van der Waals surface area contributed by atoms with Crippen LogP contribution in [0.25, 0.3) is 33.1 Å². The number of carbonyl (C=O) groups excluding carboxylic acids is 1. The number of hydrogen-bond acceptors (Lipinski definition) is 3. The van der Waals surface area contributed by atoms with Gasteiger partial charge in [-0.15, -0.1) is 0 Å². The van der Waals surface area contributed by atoms with Crippen molar-refractivity contribution in [3.05, 3.63) is 24.3 Å². The van der Waals surface area contributed by atoms with Gasteiger partial charge in [0.1, 0.15) is 28.6 Å². The Morgan fingerprint density at radius 1 is 0.867 bits per heavy atom. The predicted molar refractivity (Wildman–Crippen MR) is 57.6 cm³/mol. The summed E-state index contributed by atoms with van der Waals surface area (Å²) in [7, 11) is 0. The van der Waals surface area contributed by atoms with Crippen LogP contribution in [0.5, 0.6) is 0 Å². The lowest BCUT2D eigenvalue weighted by atomic mass is 10.1. The molecule has 74 valence electrons. The Hall–Kier alpha value is -2.03. The van der Waals surface area contributed by atoms with E-state index in [0.717, 1.165) is 39.4 Å². The van der Waals surface area contributed by atoms with Crippen LogP contribution in [-0.2, 0) is 4.79 Å². The molecule has 0 aromatic carbocycles. The average Bonchev–Trinajstić information content (AvgIpc) is 2.99. The van der Waals surface area contributed by atoms with Crippen molar-refractivity contribution in [2.45, 2.75) is 6.92 Å². The van der Waals surface area contributed by atoms with Gasteiger partial charge in [-0.2, -0.15) is 0 Å². The minimum absolute atomic E-state index is 0.750. The summed E-state index contributed by atoms with van der Waals surface area (Å²) in [5.74, 6) is 0. The van der Waals surface area contributed by atoms with E-state index in [0.29, 0.717) is 0 Å². The molecule has 0 N–H and O–H groups in total. The number of rotatable bonds is 0. The number of carbonyl (C=O) groups is 1. The van der Waals surface area contributed by atoms with Crippen LogP contribution in [0.1, 0.15) is 6.92 Å². The van der Waals surface area contributed by atoms with Crippen LogP contribution in [0.2, 0.25) is 0 Å². The lowest BCUT2D eigenvalue weighted by Gasteiger charge is -1.80. The molecule has 4 aromatic heterocycles. The van der Waals surface area contributed by atoms with Gasteiger partial charge < -0.3 is 13.6 Å². The van der Waals surface area contributed by atoms with Gasteiger partial charge in [0.25, 0.3) is 0 Å². The second kappa shape index (κ2) is 2.73. The predicted octanol–water partition coefficient (Wildman–Crippen LogP) is 3.41. The number of aldehydes is 1. The molecule has 4 heterocycles. The summed E-state index contributed by atoms with van der Waals surface area (Å²) in [6.07, 6.45) is 0.750. The molecule has 0 aliphatic heterocycles. The number of benzene rings is 2. The van der Waals surface area contributed by atoms with Crippen LogP contribution in [0.4, 0.5) is 0 Å². The van der Waals surface area contributed by atoms with Crippen LogP contribution in [0.15, 0.2) is 33.1 Å². The van der Waals surface area contributed by atoms with Gasteiger partial charge in [0.15, 0.2) is 0 Å². The highest BCUT2D eigenvalue weighted by Gasteiger charge is 2.18. The molecule has 0 fully saturated rings. The lowest BCUT2D eigenvalue weighted by molar-refractivity contribution is -0.106. The molecule has 3 nitrogen and oxygen atoms in total. The molecule has 4 bridgehead atoms. The van der Waals surface area contributed by atoms with Crippen LogP contribution >= 0.6 is 0 Å².